The van der Waals surface area contributed by atoms with Gasteiger partial charge in [0, 0.05) is 5.02 Å². The molecule has 8 heteroatoms. The number of guanidine groups is 1. The largest absolute Gasteiger partial charge is 0.444 e. The van der Waals surface area contributed by atoms with E-state index in [-0.39, 0.29) is 12.5 Å². The van der Waals surface area contributed by atoms with Gasteiger partial charge in [0.2, 0.25) is 5.96 Å². The van der Waals surface area contributed by atoms with E-state index in [9.17, 15) is 9.59 Å². The van der Waals surface area contributed by atoms with Gasteiger partial charge >= 0.3 is 12.2 Å². The third kappa shape index (κ3) is 9.84. The number of aryl methyl sites for hydroxylation is 1. The number of nitrogens with zero attached hydrogens (tertiary/aromatic N) is 1. The number of nitrogens with one attached hydrogen (secondary N) is 2. The van der Waals surface area contributed by atoms with E-state index >= 15 is 0 Å². The molecule has 1 rings (SSSR count). The molecule has 0 aliphatic carbocycles. The van der Waals surface area contributed by atoms with Crippen LogP contribution in [0.4, 0.5) is 9.59 Å². The summed E-state index contributed by atoms with van der Waals surface area (Å²) in [5.74, 6) is -0.0878. The Labute approximate surface area is 165 Å². The molecule has 0 bridgehead atoms. The van der Waals surface area contributed by atoms with E-state index < -0.39 is 23.4 Å². The molecular formula is C19H28ClN3O4. The molecule has 1 aromatic rings. The summed E-state index contributed by atoms with van der Waals surface area (Å²) in [5, 5.41) is 5.40. The second-order valence-electron chi connectivity index (χ2n) is 8.01. The van der Waals surface area contributed by atoms with Crippen molar-refractivity contribution < 1.29 is 19.1 Å². The first-order valence-electron chi connectivity index (χ1n) is 8.55. The van der Waals surface area contributed by atoms with Gasteiger partial charge in [-0.2, -0.15) is 0 Å². The Morgan fingerprint density at radius 3 is 1.89 bits per heavy atom. The zero-order chi connectivity index (χ0) is 20.8. The number of amides is 2. The number of benzene rings is 1. The summed E-state index contributed by atoms with van der Waals surface area (Å²) in [7, 11) is 0. The van der Waals surface area contributed by atoms with E-state index in [1.165, 1.54) is 0 Å². The van der Waals surface area contributed by atoms with E-state index in [1.54, 1.807) is 41.5 Å². The molecule has 0 aliphatic heterocycles. The Morgan fingerprint density at radius 2 is 1.48 bits per heavy atom. The second-order valence-corrected chi connectivity index (χ2v) is 8.42. The van der Waals surface area contributed by atoms with Crippen molar-refractivity contribution in [2.75, 3.05) is 0 Å². The van der Waals surface area contributed by atoms with Gasteiger partial charge in [-0.25, -0.2) is 14.6 Å². The molecule has 0 fully saturated rings. The predicted octanol–water partition coefficient (Wildman–Crippen LogP) is 4.55. The number of carbonyl (C=O) groups is 2. The molecule has 0 radical (unpaired) electrons. The number of aliphatic imine (C=N–C) groups is 1. The summed E-state index contributed by atoms with van der Waals surface area (Å²) < 4.78 is 10.4. The zero-order valence-electron chi connectivity index (χ0n) is 16.9. The maximum atomic E-state index is 12.0. The molecule has 150 valence electrons. The van der Waals surface area contributed by atoms with Crippen molar-refractivity contribution >= 4 is 29.7 Å². The minimum absolute atomic E-state index is 0.0878. The average molecular weight is 398 g/mol. The van der Waals surface area contributed by atoms with Gasteiger partial charge in [-0.1, -0.05) is 23.7 Å². The SMILES string of the molecule is Cc1ccc(CN=C(NC(=O)OC(C)(C)C)NC(=O)OC(C)(C)C)c(Cl)c1. The van der Waals surface area contributed by atoms with E-state index in [0.717, 1.165) is 11.1 Å². The van der Waals surface area contributed by atoms with Gasteiger partial charge in [0.25, 0.3) is 0 Å². The Hall–Kier alpha value is -2.28. The normalized spacial score (nSPS) is 11.4. The smallest absolute Gasteiger partial charge is 0.414 e. The number of rotatable bonds is 2. The quantitative estimate of drug-likeness (QED) is 0.565. The van der Waals surface area contributed by atoms with Crippen molar-refractivity contribution in [1.82, 2.24) is 10.6 Å². The maximum absolute atomic E-state index is 12.0. The third-order valence-corrected chi connectivity index (χ3v) is 3.21. The Kier molecular flexibility index (Phi) is 7.65. The lowest BCUT2D eigenvalue weighted by atomic mass is 10.1. The first kappa shape index (κ1) is 22.8. The number of hydrogen-bond donors (Lipinski definition) is 2. The molecule has 2 amide bonds. The summed E-state index contributed by atoms with van der Waals surface area (Å²) in [5.41, 5.74) is 0.381. The van der Waals surface area contributed by atoms with Crippen LogP contribution in [0.5, 0.6) is 0 Å². The lowest BCUT2D eigenvalue weighted by Crippen LogP contribution is -2.47. The van der Waals surface area contributed by atoms with Crippen LogP contribution in [0.25, 0.3) is 0 Å². The van der Waals surface area contributed by atoms with Crippen LogP contribution in [0.15, 0.2) is 23.2 Å². The zero-order valence-corrected chi connectivity index (χ0v) is 17.7. The summed E-state index contributed by atoms with van der Waals surface area (Å²) in [6.45, 7) is 12.5. The fourth-order valence-corrected chi connectivity index (χ4v) is 2.15. The van der Waals surface area contributed by atoms with Crippen molar-refractivity contribution in [3.05, 3.63) is 34.3 Å². The van der Waals surface area contributed by atoms with Gasteiger partial charge < -0.3 is 9.47 Å². The predicted molar refractivity (Wildman–Crippen MR) is 106 cm³/mol. The fourth-order valence-electron chi connectivity index (χ4n) is 1.86. The molecule has 0 unspecified atom stereocenters. The summed E-state index contributed by atoms with van der Waals surface area (Å²) in [6.07, 6.45) is -1.49. The molecule has 0 saturated heterocycles. The second kappa shape index (κ2) is 9.08. The fraction of sp³-hybridized carbons (Fsp3) is 0.526. The highest BCUT2D eigenvalue weighted by atomic mass is 35.5. The number of carbonyl (C=O) groups excluding carboxylic acids is 2. The number of halogens is 1. The van der Waals surface area contributed by atoms with Crippen LogP contribution in [0.3, 0.4) is 0 Å². The van der Waals surface area contributed by atoms with Crippen LogP contribution >= 0.6 is 11.6 Å². The van der Waals surface area contributed by atoms with E-state index in [4.69, 9.17) is 21.1 Å². The summed E-state index contributed by atoms with van der Waals surface area (Å²) in [4.78, 5) is 28.3. The molecule has 0 saturated carbocycles. The number of alkyl carbamates (subject to hydrolysis) is 2. The molecular weight excluding hydrogens is 370 g/mol. The molecule has 2 N–H and O–H groups in total. The first-order valence-corrected chi connectivity index (χ1v) is 8.92. The van der Waals surface area contributed by atoms with Crippen LogP contribution in [0, 0.1) is 6.92 Å². The highest BCUT2D eigenvalue weighted by Gasteiger charge is 2.21. The van der Waals surface area contributed by atoms with E-state index in [2.05, 4.69) is 15.6 Å². The standard InChI is InChI=1S/C19H28ClN3O4/c1-12-8-9-13(14(20)10-12)11-21-15(22-16(24)26-18(2,3)4)23-17(25)27-19(5,6)7/h8-10H,11H2,1-7H3,(H2,21,22,23,24,25). The molecule has 0 aliphatic rings. The van der Waals surface area contributed by atoms with Gasteiger partial charge in [0.05, 0.1) is 6.54 Å². The highest BCUT2D eigenvalue weighted by Crippen LogP contribution is 2.18. The number of hydrogen-bond acceptors (Lipinski definition) is 5. The Balaban J connectivity index is 2.94. The van der Waals surface area contributed by atoms with Crippen molar-refractivity contribution in [2.45, 2.75) is 66.2 Å². The topological polar surface area (TPSA) is 89.0 Å². The Morgan fingerprint density at radius 1 is 1.00 bits per heavy atom. The van der Waals surface area contributed by atoms with E-state index in [0.29, 0.717) is 5.02 Å². The van der Waals surface area contributed by atoms with Gasteiger partial charge in [-0.05, 0) is 65.7 Å². The van der Waals surface area contributed by atoms with Crippen LogP contribution in [-0.2, 0) is 16.0 Å². The van der Waals surface area contributed by atoms with Crippen LogP contribution in [-0.4, -0.2) is 29.3 Å². The molecule has 7 nitrogen and oxygen atoms in total. The number of ether oxygens (including phenoxy) is 2. The van der Waals surface area contributed by atoms with Crippen molar-refractivity contribution in [3.8, 4) is 0 Å². The highest BCUT2D eigenvalue weighted by molar-refractivity contribution is 6.31. The van der Waals surface area contributed by atoms with Crippen LogP contribution in [0.1, 0.15) is 52.7 Å². The lowest BCUT2D eigenvalue weighted by Gasteiger charge is -2.22. The van der Waals surface area contributed by atoms with Gasteiger partial charge in [0.15, 0.2) is 0 Å². The maximum Gasteiger partial charge on any atom is 0.414 e. The molecule has 0 spiro atoms. The van der Waals surface area contributed by atoms with Crippen LogP contribution in [0.2, 0.25) is 5.02 Å². The monoisotopic (exact) mass is 397 g/mol. The molecule has 0 atom stereocenters. The average Bonchev–Trinajstić information content (AvgIpc) is 2.41. The van der Waals surface area contributed by atoms with Gasteiger partial charge in [0.1, 0.15) is 11.2 Å². The third-order valence-electron chi connectivity index (χ3n) is 2.85. The van der Waals surface area contributed by atoms with Gasteiger partial charge in [-0.15, -0.1) is 0 Å². The molecule has 1 aromatic carbocycles. The molecule has 27 heavy (non-hydrogen) atoms. The molecule has 0 aromatic heterocycles. The Bertz CT molecular complexity index is 687. The van der Waals surface area contributed by atoms with E-state index in [1.807, 2.05) is 25.1 Å². The summed E-state index contributed by atoms with van der Waals surface area (Å²) in [6, 6.07) is 5.55. The minimum atomic E-state index is -0.743. The first-order chi connectivity index (χ1) is 12.2. The van der Waals surface area contributed by atoms with Crippen molar-refractivity contribution in [1.29, 1.82) is 0 Å². The molecule has 0 heterocycles. The lowest BCUT2D eigenvalue weighted by molar-refractivity contribution is 0.0545. The van der Waals surface area contributed by atoms with Gasteiger partial charge in [-0.3, -0.25) is 10.6 Å². The van der Waals surface area contributed by atoms with Crippen molar-refractivity contribution in [3.63, 3.8) is 0 Å². The summed E-state index contributed by atoms with van der Waals surface area (Å²) >= 11 is 6.21. The van der Waals surface area contributed by atoms with Crippen molar-refractivity contribution in [2.24, 2.45) is 4.99 Å². The minimum Gasteiger partial charge on any atom is -0.444 e. The van der Waals surface area contributed by atoms with Crippen LogP contribution < -0.4 is 10.6 Å².